The molecule has 0 aromatic heterocycles. The molecule has 0 bridgehead atoms. The molecule has 29 heavy (non-hydrogen) atoms. The van der Waals surface area contributed by atoms with E-state index in [9.17, 15) is 19.7 Å². The van der Waals surface area contributed by atoms with Crippen LogP contribution in [0.4, 0.5) is 5.69 Å². The molecule has 0 atom stereocenters. The average Bonchev–Trinajstić information content (AvgIpc) is 3.51. The number of fused-ring (bicyclic) bond motifs is 1. The van der Waals surface area contributed by atoms with E-state index in [-0.39, 0.29) is 23.5 Å². The predicted octanol–water partition coefficient (Wildman–Crippen LogP) is 3.94. The largest absolute Gasteiger partial charge is 0.282 e. The van der Waals surface area contributed by atoms with Crippen molar-refractivity contribution < 1.29 is 14.5 Å². The summed E-state index contributed by atoms with van der Waals surface area (Å²) in [7, 11) is 0. The second-order valence-corrected chi connectivity index (χ2v) is 8.01. The van der Waals surface area contributed by atoms with Crippen molar-refractivity contribution >= 4 is 17.5 Å². The molecule has 1 aliphatic carbocycles. The second kappa shape index (κ2) is 7.40. The van der Waals surface area contributed by atoms with E-state index in [2.05, 4.69) is 43.0 Å². The number of benzene rings is 2. The SMILES string of the molecule is CC(C)c1ccc(CN(CN2C(=O)c3cccc([N+](=O)[O-])c3C2=O)C2CC2)cc1. The first kappa shape index (κ1) is 19.3. The van der Waals surface area contributed by atoms with Gasteiger partial charge in [-0.15, -0.1) is 0 Å². The van der Waals surface area contributed by atoms with Crippen molar-refractivity contribution in [2.75, 3.05) is 6.67 Å². The zero-order valence-corrected chi connectivity index (χ0v) is 16.5. The number of amides is 2. The van der Waals surface area contributed by atoms with Gasteiger partial charge in [-0.2, -0.15) is 0 Å². The van der Waals surface area contributed by atoms with Gasteiger partial charge in [0, 0.05) is 18.7 Å². The Morgan fingerprint density at radius 3 is 2.38 bits per heavy atom. The summed E-state index contributed by atoms with van der Waals surface area (Å²) in [5, 5.41) is 11.3. The Bertz CT molecular complexity index is 980. The van der Waals surface area contributed by atoms with Gasteiger partial charge in [0.15, 0.2) is 0 Å². The molecule has 2 aliphatic rings. The zero-order chi connectivity index (χ0) is 20.7. The second-order valence-electron chi connectivity index (χ2n) is 8.01. The van der Waals surface area contributed by atoms with E-state index in [1.54, 1.807) is 0 Å². The molecular weight excluding hydrogens is 370 g/mol. The van der Waals surface area contributed by atoms with Crippen LogP contribution in [0.1, 0.15) is 64.4 Å². The maximum absolute atomic E-state index is 12.9. The van der Waals surface area contributed by atoms with Crippen molar-refractivity contribution in [3.05, 3.63) is 74.8 Å². The van der Waals surface area contributed by atoms with Crippen LogP contribution in [0.5, 0.6) is 0 Å². The molecule has 1 saturated carbocycles. The fourth-order valence-corrected chi connectivity index (χ4v) is 3.75. The lowest BCUT2D eigenvalue weighted by molar-refractivity contribution is -0.385. The molecule has 7 heteroatoms. The summed E-state index contributed by atoms with van der Waals surface area (Å²) in [4.78, 5) is 39.6. The van der Waals surface area contributed by atoms with E-state index in [1.165, 1.54) is 23.8 Å². The highest BCUT2D eigenvalue weighted by Gasteiger charge is 2.43. The monoisotopic (exact) mass is 393 g/mol. The number of hydrogen-bond acceptors (Lipinski definition) is 5. The van der Waals surface area contributed by atoms with Crippen LogP contribution in [0.15, 0.2) is 42.5 Å². The Morgan fingerprint density at radius 2 is 1.79 bits per heavy atom. The molecule has 1 heterocycles. The Balaban J connectivity index is 1.55. The normalized spacial score (nSPS) is 16.1. The molecule has 1 fully saturated rings. The maximum atomic E-state index is 12.9. The molecule has 0 radical (unpaired) electrons. The van der Waals surface area contributed by atoms with Gasteiger partial charge in [0.25, 0.3) is 17.5 Å². The first-order chi connectivity index (χ1) is 13.9. The van der Waals surface area contributed by atoms with Crippen LogP contribution >= 0.6 is 0 Å². The summed E-state index contributed by atoms with van der Waals surface area (Å²) in [6.45, 7) is 5.05. The van der Waals surface area contributed by atoms with Gasteiger partial charge in [-0.25, -0.2) is 0 Å². The topological polar surface area (TPSA) is 83.8 Å². The summed E-state index contributed by atoms with van der Waals surface area (Å²) >= 11 is 0. The molecule has 4 rings (SSSR count). The molecule has 150 valence electrons. The van der Waals surface area contributed by atoms with Gasteiger partial charge in [-0.3, -0.25) is 29.5 Å². The molecule has 7 nitrogen and oxygen atoms in total. The van der Waals surface area contributed by atoms with Crippen molar-refractivity contribution in [1.29, 1.82) is 0 Å². The first-order valence-electron chi connectivity index (χ1n) is 9.83. The lowest BCUT2D eigenvalue weighted by Crippen LogP contribution is -2.42. The molecule has 0 spiro atoms. The number of imide groups is 1. The van der Waals surface area contributed by atoms with Gasteiger partial charge in [0.2, 0.25) is 0 Å². The third-order valence-electron chi connectivity index (χ3n) is 5.59. The van der Waals surface area contributed by atoms with Crippen molar-refractivity contribution in [3.63, 3.8) is 0 Å². The first-order valence-corrected chi connectivity index (χ1v) is 9.83. The molecule has 2 aromatic rings. The zero-order valence-electron chi connectivity index (χ0n) is 16.5. The van der Waals surface area contributed by atoms with Crippen molar-refractivity contribution in [3.8, 4) is 0 Å². The van der Waals surface area contributed by atoms with Gasteiger partial charge in [0.05, 0.1) is 17.2 Å². The number of carbonyl (C=O) groups is 2. The highest BCUT2D eigenvalue weighted by Crippen LogP contribution is 2.33. The Labute approximate surface area is 169 Å². The summed E-state index contributed by atoms with van der Waals surface area (Å²) in [6, 6.07) is 12.9. The number of hydrogen-bond donors (Lipinski definition) is 0. The number of carbonyl (C=O) groups excluding carboxylic acids is 2. The van der Waals surface area contributed by atoms with Crippen LogP contribution in [-0.4, -0.2) is 39.2 Å². The number of nitro benzene ring substituents is 1. The fraction of sp³-hybridized carbons (Fsp3) is 0.364. The Hall–Kier alpha value is -3.06. The van der Waals surface area contributed by atoms with Gasteiger partial charge in [0.1, 0.15) is 5.56 Å². The molecule has 0 N–H and O–H groups in total. The summed E-state index contributed by atoms with van der Waals surface area (Å²) in [5.74, 6) is -0.592. The smallest absolute Gasteiger partial charge is 0.278 e. The highest BCUT2D eigenvalue weighted by atomic mass is 16.6. The summed E-state index contributed by atoms with van der Waals surface area (Å²) in [5.41, 5.74) is 2.08. The van der Waals surface area contributed by atoms with E-state index in [4.69, 9.17) is 0 Å². The third kappa shape index (κ3) is 3.65. The summed E-state index contributed by atoms with van der Waals surface area (Å²) < 4.78 is 0. The minimum atomic E-state index is -0.609. The van der Waals surface area contributed by atoms with Crippen LogP contribution in [0.25, 0.3) is 0 Å². The average molecular weight is 393 g/mol. The van der Waals surface area contributed by atoms with Gasteiger partial charge in [-0.05, 0) is 36.0 Å². The van der Waals surface area contributed by atoms with Gasteiger partial charge in [-0.1, -0.05) is 44.2 Å². The standard InChI is InChI=1S/C22H23N3O4/c1-14(2)16-8-6-15(7-9-16)12-23(17-10-11-17)13-24-21(26)18-4-3-5-19(25(28)29)20(18)22(24)27/h3-9,14,17H,10-13H2,1-2H3. The lowest BCUT2D eigenvalue weighted by Gasteiger charge is -2.27. The lowest BCUT2D eigenvalue weighted by atomic mass is 10.0. The van der Waals surface area contributed by atoms with E-state index >= 15 is 0 Å². The van der Waals surface area contributed by atoms with Crippen molar-refractivity contribution in [2.45, 2.75) is 45.2 Å². The summed E-state index contributed by atoms with van der Waals surface area (Å²) in [6.07, 6.45) is 2.04. The van der Waals surface area contributed by atoms with E-state index in [0.29, 0.717) is 18.5 Å². The van der Waals surface area contributed by atoms with Gasteiger partial charge < -0.3 is 0 Å². The highest BCUT2D eigenvalue weighted by molar-refractivity contribution is 6.23. The molecule has 2 amide bonds. The fourth-order valence-electron chi connectivity index (χ4n) is 3.75. The van der Waals surface area contributed by atoms with Gasteiger partial charge >= 0.3 is 0 Å². The van der Waals surface area contributed by atoms with E-state index < -0.39 is 16.7 Å². The van der Waals surface area contributed by atoms with Crippen molar-refractivity contribution in [2.24, 2.45) is 0 Å². The maximum Gasteiger partial charge on any atom is 0.282 e. The Morgan fingerprint density at radius 1 is 1.10 bits per heavy atom. The van der Waals surface area contributed by atoms with E-state index in [1.807, 2.05) is 0 Å². The predicted molar refractivity (Wildman–Crippen MR) is 108 cm³/mol. The molecule has 1 aliphatic heterocycles. The number of nitrogens with zero attached hydrogens (tertiary/aromatic N) is 3. The minimum absolute atomic E-state index is 0.0977. The number of nitro groups is 1. The van der Waals surface area contributed by atoms with E-state index in [0.717, 1.165) is 23.3 Å². The molecule has 0 unspecified atom stereocenters. The van der Waals surface area contributed by atoms with Crippen LogP contribution < -0.4 is 0 Å². The molecular formula is C22H23N3O4. The van der Waals surface area contributed by atoms with Crippen LogP contribution in [0.3, 0.4) is 0 Å². The Kier molecular flexibility index (Phi) is 4.92. The minimum Gasteiger partial charge on any atom is -0.278 e. The molecule has 0 saturated heterocycles. The molecule has 2 aromatic carbocycles. The van der Waals surface area contributed by atoms with Crippen molar-refractivity contribution in [1.82, 2.24) is 9.80 Å². The van der Waals surface area contributed by atoms with Crippen LogP contribution in [0, 0.1) is 10.1 Å². The van der Waals surface area contributed by atoms with Crippen LogP contribution in [0.2, 0.25) is 0 Å². The van der Waals surface area contributed by atoms with Crippen LogP contribution in [-0.2, 0) is 6.54 Å². The third-order valence-corrected chi connectivity index (χ3v) is 5.59. The number of rotatable bonds is 7. The quantitative estimate of drug-likeness (QED) is 0.404.